The third-order valence-electron chi connectivity index (χ3n) is 3.53. The summed E-state index contributed by atoms with van der Waals surface area (Å²) in [5, 5.41) is 0. The lowest BCUT2D eigenvalue weighted by molar-refractivity contribution is 0.0734. The number of halogens is 1. The molecule has 0 aromatic heterocycles. The predicted octanol–water partition coefficient (Wildman–Crippen LogP) is 5.17. The number of carbonyl (C=O) groups excluding carboxylic acids is 1. The normalized spacial score (nSPS) is 10.5. The summed E-state index contributed by atoms with van der Waals surface area (Å²) in [5.41, 5.74) is 1.73. The lowest BCUT2D eigenvalue weighted by Crippen LogP contribution is -2.08. The molecule has 2 aromatic carbocycles. The molecule has 116 valence electrons. The smallest absolute Gasteiger partial charge is 0.343 e. The van der Waals surface area contributed by atoms with Gasteiger partial charge in [-0.3, -0.25) is 0 Å². The summed E-state index contributed by atoms with van der Waals surface area (Å²) in [7, 11) is 0. The van der Waals surface area contributed by atoms with Gasteiger partial charge < -0.3 is 4.74 Å². The van der Waals surface area contributed by atoms with Gasteiger partial charge >= 0.3 is 5.97 Å². The highest BCUT2D eigenvalue weighted by atomic mass is 19.1. The third kappa shape index (κ3) is 4.99. The molecule has 0 aliphatic carbocycles. The highest BCUT2D eigenvalue weighted by Crippen LogP contribution is 2.15. The van der Waals surface area contributed by atoms with E-state index in [9.17, 15) is 9.18 Å². The van der Waals surface area contributed by atoms with E-state index in [1.54, 1.807) is 12.1 Å². The van der Waals surface area contributed by atoms with Crippen LogP contribution in [0.5, 0.6) is 5.75 Å². The second-order valence-corrected chi connectivity index (χ2v) is 5.35. The molecule has 0 amide bonds. The Morgan fingerprint density at radius 2 is 1.64 bits per heavy atom. The van der Waals surface area contributed by atoms with E-state index in [0.29, 0.717) is 11.3 Å². The summed E-state index contributed by atoms with van der Waals surface area (Å²) >= 11 is 0. The lowest BCUT2D eigenvalue weighted by atomic mass is 10.0. The zero-order valence-electron chi connectivity index (χ0n) is 12.8. The van der Waals surface area contributed by atoms with Crippen LogP contribution in [0.15, 0.2) is 48.5 Å². The Morgan fingerprint density at radius 3 is 2.27 bits per heavy atom. The number of aryl methyl sites for hydroxylation is 1. The fourth-order valence-corrected chi connectivity index (χ4v) is 2.23. The van der Waals surface area contributed by atoms with Gasteiger partial charge in [-0.15, -0.1) is 0 Å². The summed E-state index contributed by atoms with van der Waals surface area (Å²) in [4.78, 5) is 12.0. The van der Waals surface area contributed by atoms with Crippen LogP contribution < -0.4 is 4.74 Å². The van der Waals surface area contributed by atoms with Crippen molar-refractivity contribution in [1.82, 2.24) is 0 Å². The second kappa shape index (κ2) is 8.32. The lowest BCUT2D eigenvalue weighted by Gasteiger charge is -2.06. The van der Waals surface area contributed by atoms with Crippen LogP contribution in [0.1, 0.15) is 48.5 Å². The van der Waals surface area contributed by atoms with Crippen molar-refractivity contribution in [3.05, 3.63) is 65.5 Å². The standard InChI is InChI=1S/C19H21FO2/c1-2-3-4-5-6-15-7-9-16(10-8-15)19(21)22-18-13-11-17(20)12-14-18/h7-14H,2-6H2,1H3. The molecule has 0 spiro atoms. The molecule has 0 heterocycles. The molecule has 0 aliphatic rings. The number of unbranched alkanes of at least 4 members (excludes halogenated alkanes) is 3. The van der Waals surface area contributed by atoms with E-state index >= 15 is 0 Å². The number of benzene rings is 2. The van der Waals surface area contributed by atoms with Crippen LogP contribution in [0.25, 0.3) is 0 Å². The number of hydrogen-bond acceptors (Lipinski definition) is 2. The molecule has 0 saturated heterocycles. The van der Waals surface area contributed by atoms with E-state index in [4.69, 9.17) is 4.74 Å². The van der Waals surface area contributed by atoms with Crippen molar-refractivity contribution in [2.75, 3.05) is 0 Å². The molecule has 0 radical (unpaired) electrons. The van der Waals surface area contributed by atoms with Crippen LogP contribution in [0, 0.1) is 5.82 Å². The van der Waals surface area contributed by atoms with Crippen LogP contribution in [-0.2, 0) is 6.42 Å². The largest absolute Gasteiger partial charge is 0.423 e. The second-order valence-electron chi connectivity index (χ2n) is 5.35. The molecule has 0 atom stereocenters. The molecule has 22 heavy (non-hydrogen) atoms. The molecule has 2 rings (SSSR count). The Morgan fingerprint density at radius 1 is 0.955 bits per heavy atom. The van der Waals surface area contributed by atoms with Crippen molar-refractivity contribution < 1.29 is 13.9 Å². The quantitative estimate of drug-likeness (QED) is 0.401. The van der Waals surface area contributed by atoms with Crippen LogP contribution in [-0.4, -0.2) is 5.97 Å². The van der Waals surface area contributed by atoms with E-state index in [1.807, 2.05) is 12.1 Å². The van der Waals surface area contributed by atoms with Crippen LogP contribution >= 0.6 is 0 Å². The predicted molar refractivity (Wildman–Crippen MR) is 85.6 cm³/mol. The Kier molecular flexibility index (Phi) is 6.13. The highest BCUT2D eigenvalue weighted by Gasteiger charge is 2.08. The van der Waals surface area contributed by atoms with E-state index in [0.717, 1.165) is 6.42 Å². The van der Waals surface area contributed by atoms with Crippen molar-refractivity contribution in [1.29, 1.82) is 0 Å². The van der Waals surface area contributed by atoms with Gasteiger partial charge in [0.05, 0.1) is 5.56 Å². The average molecular weight is 300 g/mol. The topological polar surface area (TPSA) is 26.3 Å². The number of rotatable bonds is 7. The molecule has 3 heteroatoms. The van der Waals surface area contributed by atoms with Gasteiger partial charge in [-0.1, -0.05) is 38.3 Å². The first-order valence-corrected chi connectivity index (χ1v) is 7.75. The van der Waals surface area contributed by atoms with Gasteiger partial charge in [0.15, 0.2) is 0 Å². The van der Waals surface area contributed by atoms with Crippen molar-refractivity contribution in [3.63, 3.8) is 0 Å². The molecular weight excluding hydrogens is 279 g/mol. The SMILES string of the molecule is CCCCCCc1ccc(C(=O)Oc2ccc(F)cc2)cc1. The van der Waals surface area contributed by atoms with Gasteiger partial charge in [-0.05, 0) is 54.8 Å². The van der Waals surface area contributed by atoms with Crippen LogP contribution in [0.4, 0.5) is 4.39 Å². The monoisotopic (exact) mass is 300 g/mol. The van der Waals surface area contributed by atoms with Crippen molar-refractivity contribution in [2.24, 2.45) is 0 Å². The van der Waals surface area contributed by atoms with Gasteiger partial charge in [0.25, 0.3) is 0 Å². The maximum atomic E-state index is 12.8. The zero-order valence-corrected chi connectivity index (χ0v) is 12.8. The van der Waals surface area contributed by atoms with Crippen LogP contribution in [0.2, 0.25) is 0 Å². The van der Waals surface area contributed by atoms with Gasteiger partial charge in [-0.25, -0.2) is 9.18 Å². The molecular formula is C19H21FO2. The Bertz CT molecular complexity index is 588. The maximum Gasteiger partial charge on any atom is 0.343 e. The van der Waals surface area contributed by atoms with E-state index in [-0.39, 0.29) is 5.82 Å². The van der Waals surface area contributed by atoms with Gasteiger partial charge in [0, 0.05) is 0 Å². The summed E-state index contributed by atoms with van der Waals surface area (Å²) in [6.45, 7) is 2.20. The molecule has 0 bridgehead atoms. The molecule has 2 aromatic rings. The minimum atomic E-state index is -0.427. The van der Waals surface area contributed by atoms with Crippen LogP contribution in [0.3, 0.4) is 0 Å². The van der Waals surface area contributed by atoms with Crippen molar-refractivity contribution in [2.45, 2.75) is 39.0 Å². The maximum absolute atomic E-state index is 12.8. The first kappa shape index (κ1) is 16.2. The number of hydrogen-bond donors (Lipinski definition) is 0. The van der Waals surface area contributed by atoms with E-state index in [2.05, 4.69) is 6.92 Å². The molecule has 0 N–H and O–H groups in total. The molecule has 0 aliphatic heterocycles. The van der Waals surface area contributed by atoms with E-state index in [1.165, 1.54) is 55.5 Å². The fourth-order valence-electron chi connectivity index (χ4n) is 2.23. The number of ether oxygens (including phenoxy) is 1. The fraction of sp³-hybridized carbons (Fsp3) is 0.316. The third-order valence-corrected chi connectivity index (χ3v) is 3.53. The Hall–Kier alpha value is -2.16. The zero-order chi connectivity index (χ0) is 15.8. The average Bonchev–Trinajstić information content (AvgIpc) is 2.54. The first-order valence-electron chi connectivity index (χ1n) is 7.75. The summed E-state index contributed by atoms with van der Waals surface area (Å²) < 4.78 is 18.0. The Labute approximate surface area is 130 Å². The minimum absolute atomic E-state index is 0.343. The van der Waals surface area contributed by atoms with Gasteiger partial charge in [-0.2, -0.15) is 0 Å². The number of esters is 1. The summed E-state index contributed by atoms with van der Waals surface area (Å²) in [6.07, 6.45) is 5.95. The van der Waals surface area contributed by atoms with Gasteiger partial charge in [0.1, 0.15) is 11.6 Å². The summed E-state index contributed by atoms with van der Waals surface area (Å²) in [5.74, 6) is -0.439. The minimum Gasteiger partial charge on any atom is -0.423 e. The molecule has 0 unspecified atom stereocenters. The van der Waals surface area contributed by atoms with Crippen molar-refractivity contribution in [3.8, 4) is 5.75 Å². The summed E-state index contributed by atoms with van der Waals surface area (Å²) in [6, 6.07) is 12.9. The molecule has 0 saturated carbocycles. The highest BCUT2D eigenvalue weighted by molar-refractivity contribution is 5.91. The number of carbonyl (C=O) groups is 1. The van der Waals surface area contributed by atoms with E-state index < -0.39 is 5.97 Å². The molecule has 0 fully saturated rings. The van der Waals surface area contributed by atoms with Crippen molar-refractivity contribution >= 4 is 5.97 Å². The Balaban J connectivity index is 1.89. The molecule has 2 nitrogen and oxygen atoms in total. The van der Waals surface area contributed by atoms with Gasteiger partial charge in [0.2, 0.25) is 0 Å². The first-order chi connectivity index (χ1) is 10.7.